The van der Waals surface area contributed by atoms with E-state index in [0.717, 1.165) is 17.5 Å². The van der Waals surface area contributed by atoms with Gasteiger partial charge in [-0.2, -0.15) is 0 Å². The Kier molecular flexibility index (Phi) is 4.51. The average Bonchev–Trinajstić information content (AvgIpc) is 2.94. The summed E-state index contributed by atoms with van der Waals surface area (Å²) < 4.78 is 11.3. The van der Waals surface area contributed by atoms with Gasteiger partial charge in [0.05, 0.1) is 13.2 Å². The molecule has 1 amide bonds. The third-order valence-electron chi connectivity index (χ3n) is 4.17. The molecule has 1 aliphatic heterocycles. The number of anilines is 1. The second kappa shape index (κ2) is 7.27. The molecule has 0 saturated carbocycles. The van der Waals surface area contributed by atoms with E-state index in [4.69, 9.17) is 9.47 Å². The minimum Gasteiger partial charge on any atom is -0.490 e. The van der Waals surface area contributed by atoms with Gasteiger partial charge in [-0.15, -0.1) is 0 Å². The van der Waals surface area contributed by atoms with Crippen LogP contribution >= 0.6 is 0 Å². The molecule has 0 unspecified atom stereocenters. The zero-order valence-electron chi connectivity index (χ0n) is 14.1. The highest BCUT2D eigenvalue weighted by atomic mass is 16.5. The fourth-order valence-electron chi connectivity index (χ4n) is 2.80. The standard InChI is InChI=1S/C21H18N2O3/c24-21(17-4-2-15(3-5-17)16-8-10-22-11-9-16)23-18-6-7-19-20(14-18)26-13-1-12-25-19/h2-11,14H,1,12-13H2,(H,23,24). The summed E-state index contributed by atoms with van der Waals surface area (Å²) in [4.78, 5) is 16.5. The number of amides is 1. The Hall–Kier alpha value is -3.34. The molecule has 1 aliphatic rings. The molecule has 0 bridgehead atoms. The molecule has 0 saturated heterocycles. The predicted molar refractivity (Wildman–Crippen MR) is 99.7 cm³/mol. The second-order valence-corrected chi connectivity index (χ2v) is 5.98. The summed E-state index contributed by atoms with van der Waals surface area (Å²) in [6.45, 7) is 1.25. The van der Waals surface area contributed by atoms with Gasteiger partial charge in [-0.05, 0) is 47.5 Å². The zero-order chi connectivity index (χ0) is 17.8. The quantitative estimate of drug-likeness (QED) is 0.773. The van der Waals surface area contributed by atoms with Crippen LogP contribution in [0, 0.1) is 0 Å². The van der Waals surface area contributed by atoms with Crippen molar-refractivity contribution in [1.29, 1.82) is 0 Å². The van der Waals surface area contributed by atoms with Gasteiger partial charge in [0.15, 0.2) is 11.5 Å². The number of carbonyl (C=O) groups excluding carboxylic acids is 1. The van der Waals surface area contributed by atoms with Gasteiger partial charge in [0, 0.05) is 36.1 Å². The number of pyridine rings is 1. The Balaban J connectivity index is 1.49. The van der Waals surface area contributed by atoms with Crippen LogP contribution < -0.4 is 14.8 Å². The minimum absolute atomic E-state index is 0.166. The van der Waals surface area contributed by atoms with Crippen LogP contribution in [0.4, 0.5) is 5.69 Å². The topological polar surface area (TPSA) is 60.5 Å². The summed E-state index contributed by atoms with van der Waals surface area (Å²) >= 11 is 0. The molecule has 3 aromatic rings. The van der Waals surface area contributed by atoms with Crippen LogP contribution in [0.2, 0.25) is 0 Å². The van der Waals surface area contributed by atoms with Gasteiger partial charge in [0.2, 0.25) is 0 Å². The molecule has 130 valence electrons. The van der Waals surface area contributed by atoms with Crippen LogP contribution in [-0.4, -0.2) is 24.1 Å². The van der Waals surface area contributed by atoms with E-state index in [1.165, 1.54) is 0 Å². The van der Waals surface area contributed by atoms with Gasteiger partial charge < -0.3 is 14.8 Å². The Bertz CT molecular complexity index is 908. The first-order valence-electron chi connectivity index (χ1n) is 8.51. The van der Waals surface area contributed by atoms with Gasteiger partial charge >= 0.3 is 0 Å². The molecule has 0 radical (unpaired) electrons. The molecule has 5 heteroatoms. The van der Waals surface area contributed by atoms with Gasteiger partial charge in [-0.25, -0.2) is 0 Å². The maximum atomic E-state index is 12.5. The highest BCUT2D eigenvalue weighted by molar-refractivity contribution is 6.04. The van der Waals surface area contributed by atoms with E-state index >= 15 is 0 Å². The molecule has 26 heavy (non-hydrogen) atoms. The van der Waals surface area contributed by atoms with E-state index in [0.29, 0.717) is 36.0 Å². The van der Waals surface area contributed by atoms with Crippen molar-refractivity contribution in [3.05, 3.63) is 72.6 Å². The van der Waals surface area contributed by atoms with Crippen molar-refractivity contribution in [1.82, 2.24) is 4.98 Å². The number of hydrogen-bond donors (Lipinski definition) is 1. The van der Waals surface area contributed by atoms with Gasteiger partial charge in [-0.1, -0.05) is 12.1 Å². The molecule has 1 N–H and O–H groups in total. The van der Waals surface area contributed by atoms with Gasteiger partial charge in [-0.3, -0.25) is 9.78 Å². The average molecular weight is 346 g/mol. The molecule has 2 heterocycles. The molecule has 5 nitrogen and oxygen atoms in total. The number of nitrogens with one attached hydrogen (secondary N) is 1. The number of fused-ring (bicyclic) bond motifs is 1. The Labute approximate surface area is 151 Å². The summed E-state index contributed by atoms with van der Waals surface area (Å²) in [6.07, 6.45) is 4.35. The number of rotatable bonds is 3. The SMILES string of the molecule is O=C(Nc1ccc2c(c1)OCCCO2)c1ccc(-c2ccncc2)cc1. The van der Waals surface area contributed by atoms with Gasteiger partial charge in [0.25, 0.3) is 5.91 Å². The number of hydrogen-bond acceptors (Lipinski definition) is 4. The molecular weight excluding hydrogens is 328 g/mol. The lowest BCUT2D eigenvalue weighted by Gasteiger charge is -2.11. The Morgan fingerprint density at radius 1 is 0.846 bits per heavy atom. The van der Waals surface area contributed by atoms with E-state index in [2.05, 4.69) is 10.3 Å². The molecule has 2 aromatic carbocycles. The Morgan fingerprint density at radius 3 is 2.31 bits per heavy atom. The normalized spacial score (nSPS) is 12.9. The van der Waals surface area contributed by atoms with Crippen molar-refractivity contribution in [3.63, 3.8) is 0 Å². The molecule has 4 rings (SSSR count). The van der Waals surface area contributed by atoms with Crippen molar-refractivity contribution in [2.75, 3.05) is 18.5 Å². The first-order valence-corrected chi connectivity index (χ1v) is 8.51. The number of aromatic nitrogens is 1. The van der Waals surface area contributed by atoms with Crippen molar-refractivity contribution in [2.24, 2.45) is 0 Å². The fourth-order valence-corrected chi connectivity index (χ4v) is 2.80. The predicted octanol–water partition coefficient (Wildman–Crippen LogP) is 4.16. The largest absolute Gasteiger partial charge is 0.490 e. The summed E-state index contributed by atoms with van der Waals surface area (Å²) in [5.74, 6) is 1.20. The second-order valence-electron chi connectivity index (χ2n) is 5.98. The number of nitrogens with zero attached hydrogens (tertiary/aromatic N) is 1. The van der Waals surface area contributed by atoms with Crippen LogP contribution in [-0.2, 0) is 0 Å². The molecule has 0 atom stereocenters. The van der Waals surface area contributed by atoms with E-state index < -0.39 is 0 Å². The van der Waals surface area contributed by atoms with Crippen LogP contribution in [0.3, 0.4) is 0 Å². The first-order chi connectivity index (χ1) is 12.8. The third kappa shape index (κ3) is 3.52. The van der Waals surface area contributed by atoms with E-state index in [-0.39, 0.29) is 5.91 Å². The van der Waals surface area contributed by atoms with E-state index in [1.807, 2.05) is 48.5 Å². The van der Waals surface area contributed by atoms with Crippen LogP contribution in [0.15, 0.2) is 67.0 Å². The number of carbonyl (C=O) groups is 1. The molecule has 0 fully saturated rings. The third-order valence-corrected chi connectivity index (χ3v) is 4.17. The van der Waals surface area contributed by atoms with Crippen LogP contribution in [0.5, 0.6) is 11.5 Å². The highest BCUT2D eigenvalue weighted by Gasteiger charge is 2.12. The van der Waals surface area contributed by atoms with E-state index in [9.17, 15) is 4.79 Å². The summed E-state index contributed by atoms with van der Waals surface area (Å²) in [6, 6.07) is 16.8. The maximum absolute atomic E-state index is 12.5. The molecular formula is C21H18N2O3. The van der Waals surface area contributed by atoms with Gasteiger partial charge in [0.1, 0.15) is 0 Å². The highest BCUT2D eigenvalue weighted by Crippen LogP contribution is 2.32. The summed E-state index contributed by atoms with van der Waals surface area (Å²) in [7, 11) is 0. The van der Waals surface area contributed by atoms with Crippen molar-refractivity contribution >= 4 is 11.6 Å². The summed E-state index contributed by atoms with van der Waals surface area (Å²) in [5.41, 5.74) is 3.38. The number of benzene rings is 2. The molecule has 0 aliphatic carbocycles. The minimum atomic E-state index is -0.166. The lowest BCUT2D eigenvalue weighted by atomic mass is 10.0. The summed E-state index contributed by atoms with van der Waals surface area (Å²) in [5, 5.41) is 2.90. The maximum Gasteiger partial charge on any atom is 0.255 e. The molecule has 1 aromatic heterocycles. The monoisotopic (exact) mass is 346 g/mol. The smallest absolute Gasteiger partial charge is 0.255 e. The molecule has 0 spiro atoms. The lowest BCUT2D eigenvalue weighted by molar-refractivity contribution is 0.102. The Morgan fingerprint density at radius 2 is 1.54 bits per heavy atom. The first kappa shape index (κ1) is 16.1. The zero-order valence-corrected chi connectivity index (χ0v) is 14.1. The van der Waals surface area contributed by atoms with Crippen molar-refractivity contribution in [3.8, 4) is 22.6 Å². The number of ether oxygens (including phenoxy) is 2. The van der Waals surface area contributed by atoms with Crippen LogP contribution in [0.1, 0.15) is 16.8 Å². The van der Waals surface area contributed by atoms with Crippen LogP contribution in [0.25, 0.3) is 11.1 Å². The van der Waals surface area contributed by atoms with E-state index in [1.54, 1.807) is 18.5 Å². The van der Waals surface area contributed by atoms with Crippen molar-refractivity contribution < 1.29 is 14.3 Å². The lowest BCUT2D eigenvalue weighted by Crippen LogP contribution is -2.11. The van der Waals surface area contributed by atoms with Crippen molar-refractivity contribution in [2.45, 2.75) is 6.42 Å². The fraction of sp³-hybridized carbons (Fsp3) is 0.143.